The van der Waals surface area contributed by atoms with Gasteiger partial charge in [-0.05, 0) is 67.3 Å². The number of piperidine rings is 1. The van der Waals surface area contributed by atoms with E-state index in [0.29, 0.717) is 45.2 Å². The summed E-state index contributed by atoms with van der Waals surface area (Å²) in [5.74, 6) is 0.496. The van der Waals surface area contributed by atoms with Gasteiger partial charge in [-0.15, -0.1) is 0 Å². The summed E-state index contributed by atoms with van der Waals surface area (Å²) in [5.41, 5.74) is 3.38. The number of fused-ring (bicyclic) bond motifs is 4. The molecule has 3 aliphatic heterocycles. The number of hydrogen-bond donors (Lipinski definition) is 0. The molecule has 1 aromatic carbocycles. The van der Waals surface area contributed by atoms with Crippen LogP contribution in [0.2, 0.25) is 0 Å². The maximum Gasteiger partial charge on any atom is 0.244 e. The van der Waals surface area contributed by atoms with Crippen LogP contribution < -0.4 is 4.90 Å². The molecule has 2 aromatic heterocycles. The van der Waals surface area contributed by atoms with Crippen LogP contribution in [0.25, 0.3) is 11.8 Å². The standard InChI is InChI=1S/C28H30FN5O4S/c1-37-18-28-12-19-13-31-34(22-4-2-21(29)3-5-22)26(19)10-20(28)8-9-32(17-28)39(35,36)25-6-7-27(30-14-25)33-15-24-11-23(33)16-38-24/h2-7,10,13-14,23-24H,8-9,11-12,15-18H2,1H3/t23?,24?,28-/m1/s1. The minimum Gasteiger partial charge on any atom is -0.384 e. The number of nitrogens with zero attached hydrogens (tertiary/aromatic N) is 5. The molecule has 5 heterocycles. The SMILES string of the molecule is COC[C@]12Cc3cnn(-c4ccc(F)cc4)c3C=C1CCN(S(=O)(=O)c1ccc(N3CC4CC3CO4)nc1)C2. The molecule has 11 heteroatoms. The highest BCUT2D eigenvalue weighted by Gasteiger charge is 2.46. The smallest absolute Gasteiger partial charge is 0.244 e. The van der Waals surface area contributed by atoms with E-state index in [1.807, 2.05) is 16.9 Å². The van der Waals surface area contributed by atoms with Crippen molar-refractivity contribution in [2.75, 3.05) is 44.9 Å². The van der Waals surface area contributed by atoms with Crippen LogP contribution in [-0.4, -0.2) is 79.6 Å². The molecule has 0 spiro atoms. The quantitative estimate of drug-likeness (QED) is 0.465. The molecule has 7 rings (SSSR count). The van der Waals surface area contributed by atoms with Gasteiger partial charge < -0.3 is 14.4 Å². The molecule has 9 nitrogen and oxygen atoms in total. The molecule has 0 radical (unpaired) electrons. The highest BCUT2D eigenvalue weighted by molar-refractivity contribution is 7.89. The van der Waals surface area contributed by atoms with Gasteiger partial charge in [-0.3, -0.25) is 0 Å². The number of ether oxygens (including phenoxy) is 2. The Bertz CT molecular complexity index is 1540. The number of anilines is 1. The van der Waals surface area contributed by atoms with Crippen LogP contribution in [0.4, 0.5) is 10.2 Å². The highest BCUT2D eigenvalue weighted by atomic mass is 32.2. The second-order valence-electron chi connectivity index (χ2n) is 10.9. The van der Waals surface area contributed by atoms with E-state index in [-0.39, 0.29) is 16.8 Å². The largest absolute Gasteiger partial charge is 0.384 e. The zero-order valence-electron chi connectivity index (χ0n) is 21.7. The molecule has 4 aliphatic rings. The Morgan fingerprint density at radius 2 is 2.03 bits per heavy atom. The molecule has 0 amide bonds. The van der Waals surface area contributed by atoms with Crippen molar-refractivity contribution in [3.8, 4) is 5.69 Å². The number of sulfonamides is 1. The molecule has 3 fully saturated rings. The second-order valence-corrected chi connectivity index (χ2v) is 12.9. The second kappa shape index (κ2) is 9.22. The minimum absolute atomic E-state index is 0.201. The maximum atomic E-state index is 13.8. The van der Waals surface area contributed by atoms with Gasteiger partial charge in [0.1, 0.15) is 16.5 Å². The molecule has 3 aromatic rings. The van der Waals surface area contributed by atoms with Gasteiger partial charge in [0.05, 0.1) is 42.9 Å². The monoisotopic (exact) mass is 551 g/mol. The van der Waals surface area contributed by atoms with E-state index in [1.54, 1.807) is 29.6 Å². The Morgan fingerprint density at radius 3 is 2.72 bits per heavy atom. The van der Waals surface area contributed by atoms with E-state index in [0.717, 1.165) is 41.3 Å². The van der Waals surface area contributed by atoms with Crippen LogP contribution in [0.3, 0.4) is 0 Å². The number of benzene rings is 1. The predicted octanol–water partition coefficient (Wildman–Crippen LogP) is 3.05. The van der Waals surface area contributed by atoms with Crippen molar-refractivity contribution in [1.82, 2.24) is 19.1 Å². The number of morpholine rings is 1. The first kappa shape index (κ1) is 24.9. The summed E-state index contributed by atoms with van der Waals surface area (Å²) in [4.78, 5) is 6.95. The van der Waals surface area contributed by atoms with E-state index in [4.69, 9.17) is 9.47 Å². The van der Waals surface area contributed by atoms with Crippen LogP contribution in [0.15, 0.2) is 59.3 Å². The summed E-state index contributed by atoms with van der Waals surface area (Å²) in [6.07, 6.45) is 7.84. The van der Waals surface area contributed by atoms with Gasteiger partial charge in [-0.2, -0.15) is 9.40 Å². The Kier molecular flexibility index (Phi) is 5.89. The fraction of sp³-hybridized carbons (Fsp3) is 0.429. The molecule has 0 saturated carbocycles. The van der Waals surface area contributed by atoms with Crippen LogP contribution in [0.5, 0.6) is 0 Å². The van der Waals surface area contributed by atoms with Crippen molar-refractivity contribution in [1.29, 1.82) is 0 Å². The van der Waals surface area contributed by atoms with E-state index in [2.05, 4.69) is 21.1 Å². The molecule has 2 unspecified atom stereocenters. The topological polar surface area (TPSA) is 89.8 Å². The molecule has 204 valence electrons. The van der Waals surface area contributed by atoms with Crippen molar-refractivity contribution in [2.24, 2.45) is 5.41 Å². The van der Waals surface area contributed by atoms with Gasteiger partial charge in [0.15, 0.2) is 0 Å². The lowest BCUT2D eigenvalue weighted by Crippen LogP contribution is -2.51. The van der Waals surface area contributed by atoms with Gasteiger partial charge in [0.2, 0.25) is 10.0 Å². The third-order valence-electron chi connectivity index (χ3n) is 8.56. The average molecular weight is 552 g/mol. The minimum atomic E-state index is -3.75. The number of rotatable bonds is 6. The zero-order chi connectivity index (χ0) is 26.8. The lowest BCUT2D eigenvalue weighted by molar-refractivity contribution is 0.0733. The zero-order valence-corrected chi connectivity index (χ0v) is 22.5. The Balaban J connectivity index is 1.15. The number of hydrogen-bond acceptors (Lipinski definition) is 7. The first-order valence-corrected chi connectivity index (χ1v) is 14.7. The Hall–Kier alpha value is -3.12. The number of methoxy groups -OCH3 is 1. The predicted molar refractivity (Wildman–Crippen MR) is 143 cm³/mol. The fourth-order valence-corrected chi connectivity index (χ4v) is 8.09. The maximum absolute atomic E-state index is 13.8. The van der Waals surface area contributed by atoms with Crippen molar-refractivity contribution < 1.29 is 22.3 Å². The third-order valence-corrected chi connectivity index (χ3v) is 10.4. The molecule has 39 heavy (non-hydrogen) atoms. The summed E-state index contributed by atoms with van der Waals surface area (Å²) in [5, 5.41) is 4.57. The Labute approximate surface area is 226 Å². The van der Waals surface area contributed by atoms with Gasteiger partial charge in [0, 0.05) is 38.4 Å². The lowest BCUT2D eigenvalue weighted by Gasteiger charge is -2.45. The molecule has 3 atom stereocenters. The Morgan fingerprint density at radius 1 is 1.18 bits per heavy atom. The summed E-state index contributed by atoms with van der Waals surface area (Å²) in [6.45, 7) is 2.56. The lowest BCUT2D eigenvalue weighted by atomic mass is 9.69. The van der Waals surface area contributed by atoms with Crippen molar-refractivity contribution in [2.45, 2.75) is 36.3 Å². The molecular weight excluding hydrogens is 521 g/mol. The van der Waals surface area contributed by atoms with Crippen LogP contribution in [-0.2, 0) is 25.9 Å². The first-order valence-electron chi connectivity index (χ1n) is 13.2. The van der Waals surface area contributed by atoms with Gasteiger partial charge in [-0.25, -0.2) is 22.5 Å². The van der Waals surface area contributed by atoms with E-state index in [9.17, 15) is 12.8 Å². The summed E-state index contributed by atoms with van der Waals surface area (Å²) in [7, 11) is -2.10. The molecule has 1 aliphatic carbocycles. The normalized spacial score (nSPS) is 26.4. The summed E-state index contributed by atoms with van der Waals surface area (Å²) < 4.78 is 55.8. The summed E-state index contributed by atoms with van der Waals surface area (Å²) >= 11 is 0. The molecule has 2 bridgehead atoms. The van der Waals surface area contributed by atoms with E-state index >= 15 is 0 Å². The van der Waals surface area contributed by atoms with Gasteiger partial charge >= 0.3 is 0 Å². The van der Waals surface area contributed by atoms with Crippen molar-refractivity contribution >= 4 is 21.9 Å². The van der Waals surface area contributed by atoms with Crippen LogP contribution in [0.1, 0.15) is 24.1 Å². The first-order chi connectivity index (χ1) is 18.9. The highest BCUT2D eigenvalue weighted by Crippen LogP contribution is 2.45. The number of aromatic nitrogens is 3. The van der Waals surface area contributed by atoms with E-state index in [1.165, 1.54) is 18.3 Å². The summed E-state index contributed by atoms with van der Waals surface area (Å²) in [6, 6.07) is 10.0. The van der Waals surface area contributed by atoms with Gasteiger partial charge in [0.25, 0.3) is 0 Å². The van der Waals surface area contributed by atoms with Crippen LogP contribution >= 0.6 is 0 Å². The third kappa shape index (κ3) is 4.10. The number of halogens is 1. The fourth-order valence-electron chi connectivity index (χ4n) is 6.62. The molecule has 0 N–H and O–H groups in total. The van der Waals surface area contributed by atoms with Crippen molar-refractivity contribution in [3.63, 3.8) is 0 Å². The van der Waals surface area contributed by atoms with E-state index < -0.39 is 15.4 Å². The van der Waals surface area contributed by atoms with Crippen LogP contribution in [0, 0.1) is 11.2 Å². The molecule has 3 saturated heterocycles. The number of pyridine rings is 1. The molecular formula is C28H30FN5O4S. The van der Waals surface area contributed by atoms with Gasteiger partial charge in [-0.1, -0.05) is 5.57 Å². The average Bonchev–Trinajstić information content (AvgIpc) is 3.68. The van der Waals surface area contributed by atoms with Crippen molar-refractivity contribution in [3.05, 3.63) is 71.4 Å².